The Morgan fingerprint density at radius 2 is 1.57 bits per heavy atom. The number of carbonyl (C=O) groups is 1. The van der Waals surface area contributed by atoms with Crippen molar-refractivity contribution >= 4 is 34.0 Å². The van der Waals surface area contributed by atoms with Crippen LogP contribution in [0.4, 0.5) is 16.2 Å². The fourth-order valence-corrected chi connectivity index (χ4v) is 5.06. The molecule has 3 aromatic carbocycles. The Morgan fingerprint density at radius 3 is 2.20 bits per heavy atom. The number of aliphatic hydroxyl groups excluding tert-OH is 1. The van der Waals surface area contributed by atoms with E-state index in [1.54, 1.807) is 36.4 Å². The number of nitrogens with one attached hydrogen (secondary N) is 3. The predicted molar refractivity (Wildman–Crippen MR) is 140 cm³/mol. The van der Waals surface area contributed by atoms with E-state index >= 15 is 0 Å². The zero-order valence-corrected chi connectivity index (χ0v) is 20.5. The lowest BCUT2D eigenvalue weighted by Gasteiger charge is -2.33. The van der Waals surface area contributed by atoms with Gasteiger partial charge in [-0.25, -0.2) is 9.00 Å². The molecule has 3 aromatic rings. The van der Waals surface area contributed by atoms with E-state index in [0.29, 0.717) is 28.0 Å². The van der Waals surface area contributed by atoms with E-state index < -0.39 is 16.8 Å². The number of likely N-dealkylation sites (tertiary alicyclic amines) is 1. The van der Waals surface area contributed by atoms with E-state index in [0.717, 1.165) is 42.0 Å². The van der Waals surface area contributed by atoms with Gasteiger partial charge in [0.25, 0.3) is 0 Å². The number of amidine groups is 1. The molecular weight excluding hydrogens is 460 g/mol. The van der Waals surface area contributed by atoms with Crippen LogP contribution in [0, 0.1) is 18.3 Å². The Labute approximate surface area is 208 Å². The number of anilines is 2. The van der Waals surface area contributed by atoms with Crippen molar-refractivity contribution in [1.29, 1.82) is 5.41 Å². The van der Waals surface area contributed by atoms with Gasteiger partial charge in [-0.15, -0.1) is 0 Å². The van der Waals surface area contributed by atoms with Crippen LogP contribution in [-0.2, 0) is 10.8 Å². The summed E-state index contributed by atoms with van der Waals surface area (Å²) in [7, 11) is -1.28. The molecule has 4 N–H and O–H groups in total. The Balaban J connectivity index is 1.34. The molecule has 1 unspecified atom stereocenters. The predicted octanol–water partition coefficient (Wildman–Crippen LogP) is 4.84. The Morgan fingerprint density at radius 1 is 0.971 bits per heavy atom. The van der Waals surface area contributed by atoms with Crippen molar-refractivity contribution in [2.45, 2.75) is 29.6 Å². The third kappa shape index (κ3) is 6.35. The van der Waals surface area contributed by atoms with Gasteiger partial charge in [-0.3, -0.25) is 5.41 Å². The minimum Gasteiger partial charge on any atom is -0.396 e. The van der Waals surface area contributed by atoms with E-state index in [4.69, 9.17) is 5.41 Å². The van der Waals surface area contributed by atoms with E-state index in [1.807, 2.05) is 48.2 Å². The van der Waals surface area contributed by atoms with Gasteiger partial charge in [0, 0.05) is 46.4 Å². The number of aliphatic hydroxyl groups is 1. The summed E-state index contributed by atoms with van der Waals surface area (Å²) in [5.41, 5.74) is 3.02. The topological polar surface area (TPSA) is 106 Å². The van der Waals surface area contributed by atoms with Gasteiger partial charge in [0.15, 0.2) is 0 Å². The van der Waals surface area contributed by atoms with E-state index in [-0.39, 0.29) is 6.61 Å². The van der Waals surface area contributed by atoms with Crippen LogP contribution in [0.3, 0.4) is 0 Å². The highest BCUT2D eigenvalue weighted by Crippen LogP contribution is 2.21. The second-order valence-corrected chi connectivity index (χ2v) is 10.2. The molecule has 7 nitrogen and oxygen atoms in total. The van der Waals surface area contributed by atoms with Crippen LogP contribution >= 0.6 is 0 Å². The molecule has 0 bridgehead atoms. The number of nitrogens with zero attached hydrogens (tertiary/aromatic N) is 1. The molecule has 1 saturated heterocycles. The summed E-state index contributed by atoms with van der Waals surface area (Å²) >= 11 is 0. The summed E-state index contributed by atoms with van der Waals surface area (Å²) in [6.45, 7) is 3.67. The second kappa shape index (κ2) is 11.3. The highest BCUT2D eigenvalue weighted by molar-refractivity contribution is 7.85. The van der Waals surface area contributed by atoms with E-state index in [1.165, 1.54) is 0 Å². The first-order valence-electron chi connectivity index (χ1n) is 11.6. The Bertz CT molecular complexity index is 1200. The summed E-state index contributed by atoms with van der Waals surface area (Å²) in [6.07, 6.45) is 1.74. The maximum atomic E-state index is 12.7. The maximum absolute atomic E-state index is 12.7. The lowest BCUT2D eigenvalue weighted by Crippen LogP contribution is -2.39. The van der Waals surface area contributed by atoms with Crippen molar-refractivity contribution in [3.63, 3.8) is 0 Å². The number of hydrogen-bond donors (Lipinski definition) is 4. The van der Waals surface area contributed by atoms with Gasteiger partial charge in [0.2, 0.25) is 0 Å². The first-order valence-corrected chi connectivity index (χ1v) is 12.8. The lowest BCUT2D eigenvalue weighted by atomic mass is 9.97. The van der Waals surface area contributed by atoms with Crippen LogP contribution in [-0.4, -0.2) is 45.8 Å². The number of carbonyl (C=O) groups excluding carboxylic acids is 1. The highest BCUT2D eigenvalue weighted by atomic mass is 32.2. The molecule has 0 radical (unpaired) electrons. The fraction of sp³-hybridized carbons (Fsp3) is 0.259. The van der Waals surface area contributed by atoms with Crippen molar-refractivity contribution in [1.82, 2.24) is 4.90 Å². The van der Waals surface area contributed by atoms with E-state index in [9.17, 15) is 14.1 Å². The second-order valence-electron chi connectivity index (χ2n) is 8.73. The molecule has 2 amide bonds. The van der Waals surface area contributed by atoms with Crippen LogP contribution in [0.2, 0.25) is 0 Å². The van der Waals surface area contributed by atoms with Crippen molar-refractivity contribution in [3.8, 4) is 0 Å². The number of rotatable bonds is 6. The first kappa shape index (κ1) is 24.6. The Kier molecular flexibility index (Phi) is 7.94. The van der Waals surface area contributed by atoms with Gasteiger partial charge < -0.3 is 20.6 Å². The fourth-order valence-electron chi connectivity index (χ4n) is 4.02. The van der Waals surface area contributed by atoms with Crippen molar-refractivity contribution in [3.05, 3.63) is 83.9 Å². The van der Waals surface area contributed by atoms with E-state index in [2.05, 4.69) is 10.6 Å². The largest absolute Gasteiger partial charge is 0.396 e. The molecule has 0 aromatic heterocycles. The molecule has 35 heavy (non-hydrogen) atoms. The number of benzene rings is 3. The van der Waals surface area contributed by atoms with Crippen LogP contribution in [0.25, 0.3) is 0 Å². The molecule has 4 rings (SSSR count). The SMILES string of the molecule is Cc1ccc(S(=O)c2ccc(NC(=O)Nc3cccc(C(=N)N4CCC(CO)CC4)c3)cc2)cc1. The third-order valence-corrected chi connectivity index (χ3v) is 7.54. The molecular formula is C27H30N4O3S. The smallest absolute Gasteiger partial charge is 0.323 e. The highest BCUT2D eigenvalue weighted by Gasteiger charge is 2.21. The minimum atomic E-state index is -1.28. The van der Waals surface area contributed by atoms with Gasteiger partial charge in [-0.2, -0.15) is 0 Å². The molecule has 1 aliphatic rings. The molecule has 1 heterocycles. The number of amides is 2. The molecule has 1 atom stereocenters. The number of aryl methyl sites for hydroxylation is 1. The molecule has 0 spiro atoms. The standard InChI is InChI=1S/C27H30N4O3S/c1-19-5-9-24(10-6-19)35(34)25-11-7-22(8-12-25)29-27(33)30-23-4-2-3-21(17-23)26(28)31-15-13-20(18-32)14-16-31/h2-12,17,20,28,32H,13-16,18H2,1H3,(H2,29,30,33). The summed E-state index contributed by atoms with van der Waals surface area (Å²) < 4.78 is 12.7. The van der Waals surface area contributed by atoms with Crippen LogP contribution in [0.1, 0.15) is 24.0 Å². The average Bonchev–Trinajstić information content (AvgIpc) is 2.89. The normalized spacial score (nSPS) is 14.9. The van der Waals surface area contributed by atoms with Crippen LogP contribution < -0.4 is 10.6 Å². The minimum absolute atomic E-state index is 0.197. The maximum Gasteiger partial charge on any atom is 0.323 e. The zero-order chi connectivity index (χ0) is 24.8. The lowest BCUT2D eigenvalue weighted by molar-refractivity contribution is 0.166. The van der Waals surface area contributed by atoms with Gasteiger partial charge in [0.05, 0.1) is 10.8 Å². The van der Waals surface area contributed by atoms with Crippen LogP contribution in [0.15, 0.2) is 82.6 Å². The summed E-state index contributed by atoms with van der Waals surface area (Å²) in [5.74, 6) is 0.732. The number of hydrogen-bond acceptors (Lipinski definition) is 4. The number of piperidine rings is 1. The monoisotopic (exact) mass is 490 g/mol. The summed E-state index contributed by atoms with van der Waals surface area (Å²) in [4.78, 5) is 15.9. The quantitative estimate of drug-likeness (QED) is 0.293. The van der Waals surface area contributed by atoms with Gasteiger partial charge in [0.1, 0.15) is 5.84 Å². The zero-order valence-electron chi connectivity index (χ0n) is 19.7. The average molecular weight is 491 g/mol. The molecule has 1 fully saturated rings. The third-order valence-electron chi connectivity index (χ3n) is 6.14. The Hall–Kier alpha value is -3.49. The van der Waals surface area contributed by atoms with Gasteiger partial charge in [-0.1, -0.05) is 29.8 Å². The molecule has 0 saturated carbocycles. The first-order chi connectivity index (χ1) is 16.9. The van der Waals surface area contributed by atoms with Crippen molar-refractivity contribution in [2.24, 2.45) is 5.92 Å². The van der Waals surface area contributed by atoms with Crippen LogP contribution in [0.5, 0.6) is 0 Å². The van der Waals surface area contributed by atoms with Crippen molar-refractivity contribution < 1.29 is 14.1 Å². The van der Waals surface area contributed by atoms with Crippen molar-refractivity contribution in [2.75, 3.05) is 30.3 Å². The molecule has 1 aliphatic heterocycles. The van der Waals surface area contributed by atoms with Gasteiger partial charge in [-0.05, 0) is 74.2 Å². The summed E-state index contributed by atoms with van der Waals surface area (Å²) in [5, 5.41) is 23.5. The molecule has 0 aliphatic carbocycles. The number of urea groups is 1. The van der Waals surface area contributed by atoms with Gasteiger partial charge >= 0.3 is 6.03 Å². The molecule has 8 heteroatoms. The summed E-state index contributed by atoms with van der Waals surface area (Å²) in [6, 6.07) is 21.4. The molecule has 182 valence electrons.